The summed E-state index contributed by atoms with van der Waals surface area (Å²) in [5.74, 6) is -5.14. The van der Waals surface area contributed by atoms with Gasteiger partial charge in [0.05, 0.1) is 91.4 Å². The average Bonchev–Trinajstić information content (AvgIpc) is 0.754. The van der Waals surface area contributed by atoms with Crippen molar-refractivity contribution in [2.45, 2.75) is 403 Å². The van der Waals surface area contributed by atoms with E-state index in [1.807, 2.05) is 0 Å². The van der Waals surface area contributed by atoms with Crippen LogP contribution in [0.15, 0.2) is 0 Å². The number of nitrogens with one attached hydrogen (secondary N) is 5. The molecule has 5 amide bonds. The van der Waals surface area contributed by atoms with Gasteiger partial charge in [-0.3, -0.25) is 24.0 Å². The van der Waals surface area contributed by atoms with Gasteiger partial charge in [-0.1, -0.05) is 0 Å². The van der Waals surface area contributed by atoms with Crippen molar-refractivity contribution >= 4 is 29.5 Å². The molecule has 0 aromatic rings. The summed E-state index contributed by atoms with van der Waals surface area (Å²) in [6, 6.07) is -10.3. The van der Waals surface area contributed by atoms with Crippen LogP contribution in [-0.4, -0.2) is 639 Å². The Balaban J connectivity index is 0.994. The molecular formula is C82H139N5O60. The van der Waals surface area contributed by atoms with E-state index in [4.69, 9.17) is 104 Å². The summed E-state index contributed by atoms with van der Waals surface area (Å²) in [6.07, 6.45) is -119. The second kappa shape index (κ2) is 54.2. The molecule has 65 nitrogen and oxygen atoms in total. The summed E-state index contributed by atoms with van der Waals surface area (Å²) in [4.78, 5) is 65.8. The SMILES string of the molecule is CC(=O)N[C@@H]1[C@H](O[C@@H]2[C@@H](O[C@@H]3[C@H](O)[C@H](O[C@H]4[C@H](O)[C@@H](NC(C)=O)[C@H](O[C@@H]([C@H](O)[C@H](CO)NC(C)=O)[C@H](O)CO[C@@H]5O[C@@H](C)[C@@H](O)[C@@H](O)[C@@H]5O)O[C@@H]4CO)O[C@H](CO[C@H]4O[C@H](CO)[C@@H](O)[C@H](O)[C@@H]4O[C@@H]4O[C@H](CO)[C@@H](O[C@@H]5O[C@H](CO)[C@H](O)[C@H](O)[C@H]5O)[C@H](O)[C@H]4NC(C)=O)[C@H]3O)O[C@H](CO)[C@@H](O[C@@H]3O[C@H](CO)[C@@H](O[C@@H]4O[C@H](CO)[C@H](O)[C@H](O)[C@H]4O)[C@H](O)[C@H]3NC(C)=O)[C@@H]2O)O[C@H](CO)[C@@H](O[C@@H]2O[C@H](CO)[C@H](O)[C@H](O)[C@H]2O)[C@@H]1O. The first-order chi connectivity index (χ1) is 69.5. The first kappa shape index (κ1) is 122. The maximum absolute atomic E-state index is 13.5. The van der Waals surface area contributed by atoms with E-state index in [2.05, 4.69) is 26.6 Å². The minimum Gasteiger partial charge on any atom is -0.394 e. The van der Waals surface area contributed by atoms with Crippen molar-refractivity contribution in [1.29, 1.82) is 0 Å². The molecule has 0 aromatic carbocycles. The van der Waals surface area contributed by atoms with Crippen molar-refractivity contribution < 1.29 is 297 Å². The van der Waals surface area contributed by atoms with Gasteiger partial charge in [0.25, 0.3) is 0 Å². The molecule has 0 aliphatic carbocycles. The normalized spacial score (nSPS) is 47.3. The number of carbonyl (C=O) groups is 5. The molecule has 0 spiro atoms. The highest BCUT2D eigenvalue weighted by Crippen LogP contribution is 2.43. The molecule has 11 heterocycles. The summed E-state index contributed by atoms with van der Waals surface area (Å²) in [7, 11) is 0. The van der Waals surface area contributed by atoms with Gasteiger partial charge < -0.3 is 299 Å². The molecule has 38 N–H and O–H groups in total. The molecule has 59 atom stereocenters. The van der Waals surface area contributed by atoms with Crippen LogP contribution in [0.4, 0.5) is 0 Å². The summed E-state index contributed by atoms with van der Waals surface area (Å²) in [5.41, 5.74) is 0. The quantitative estimate of drug-likeness (QED) is 0.0270. The topological polar surface area (TPSA) is 1020 Å². The maximum atomic E-state index is 13.5. The lowest BCUT2D eigenvalue weighted by molar-refractivity contribution is -0.406. The average molecular weight is 2150 g/mol. The fourth-order valence-electron chi connectivity index (χ4n) is 18.8. The first-order valence-electron chi connectivity index (χ1n) is 46.9. The van der Waals surface area contributed by atoms with Crippen LogP contribution in [0, 0.1) is 0 Å². The highest BCUT2D eigenvalue weighted by Gasteiger charge is 2.64. The van der Waals surface area contributed by atoms with E-state index in [0.29, 0.717) is 0 Å². The molecule has 0 radical (unpaired) electrons. The molecule has 11 aliphatic heterocycles. The molecule has 65 heteroatoms. The van der Waals surface area contributed by atoms with Crippen molar-refractivity contribution in [1.82, 2.24) is 26.6 Å². The van der Waals surface area contributed by atoms with Crippen LogP contribution in [0.1, 0.15) is 41.5 Å². The van der Waals surface area contributed by atoms with Gasteiger partial charge in [0, 0.05) is 34.6 Å². The Hall–Kier alpha value is -4.85. The Morgan fingerprint density at radius 1 is 0.252 bits per heavy atom. The summed E-state index contributed by atoms with van der Waals surface area (Å²) >= 11 is 0. The monoisotopic (exact) mass is 2150 g/mol. The van der Waals surface area contributed by atoms with Crippen molar-refractivity contribution in [3.8, 4) is 0 Å². The third-order valence-corrected chi connectivity index (χ3v) is 26.7. The zero-order valence-electron chi connectivity index (χ0n) is 79.3. The van der Waals surface area contributed by atoms with Crippen LogP contribution in [-0.2, 0) is 128 Å². The Morgan fingerprint density at radius 3 is 0.884 bits per heavy atom. The van der Waals surface area contributed by atoms with E-state index >= 15 is 0 Å². The van der Waals surface area contributed by atoms with E-state index in [0.717, 1.165) is 34.6 Å². The molecule has 11 rings (SSSR count). The number of hydrogen-bond acceptors (Lipinski definition) is 60. The van der Waals surface area contributed by atoms with Crippen LogP contribution < -0.4 is 26.6 Å². The van der Waals surface area contributed by atoms with Crippen LogP contribution >= 0.6 is 0 Å². The smallest absolute Gasteiger partial charge is 0.217 e. The Morgan fingerprint density at radius 2 is 0.531 bits per heavy atom. The molecule has 11 fully saturated rings. The number of rotatable bonds is 42. The van der Waals surface area contributed by atoms with E-state index in [1.54, 1.807) is 0 Å². The van der Waals surface area contributed by atoms with Crippen molar-refractivity contribution in [2.24, 2.45) is 0 Å². The number of ether oxygens (including phenoxy) is 22. The minimum absolute atomic E-state index is 0.847. The van der Waals surface area contributed by atoms with Crippen LogP contribution in [0.25, 0.3) is 0 Å². The van der Waals surface area contributed by atoms with Gasteiger partial charge in [0.15, 0.2) is 69.2 Å². The predicted octanol–water partition coefficient (Wildman–Crippen LogP) is -25.8. The lowest BCUT2D eigenvalue weighted by atomic mass is 9.93. The number of carbonyl (C=O) groups excluding carboxylic acids is 5. The standard InChI is InChI=1S/C82H139N5O60/c1-19-41(104)52(115)57(120)76(128-19)126-17-26(103)63(42(105)25(7-88)83-20(2)98)139-72-37(84-21(3)99)48(111)67(34(15-96)133-72)144-80-62(125)69(47(110)36(138-80)18-127-81-70(56(119)46(109)30(11-92)132-81)146-74-39(86-23(5)101)50(113)65(32(13-94)135-74)142-78-59(122)54(117)44(107)28(9-90)130-78)145-82-71(147-75-40(87-24(6)102)51(114)66(33(14-95)136-75)143-79-60(123)55(118)45(108)29(10-91)131-79)61(124)68(35(16-97)137-82)140-73-38(85-22(4)100)49(112)64(31(12-93)134-73)141-77-58(121)53(116)43(106)27(8-89)129-77/h19,25-82,88-97,103-125H,7-18H2,1-6H3,(H,83,98)(H,84,99)(H,85,100)(H,86,101)(H,87,102)/t19-,25-,26+,27+,28+,29+,30+,31+,32+,33+,34+,35+,36+,37+,38+,39+,40-,41+,42+,43-,44-,45-,46+,47+,48+,49+,50+,51+,52+,53-,54-,55-,56-,57-,58+,59+,60+,61-,62-,63+,64+,65+,66+,67+,68+,69-,70-,71-,72-,73-,74-,75-,76+,77-,78-,79-,80-,81-,82+/m0/s1. The van der Waals surface area contributed by atoms with Crippen molar-refractivity contribution in [2.75, 3.05) is 79.3 Å². The van der Waals surface area contributed by atoms with Crippen LogP contribution in [0.2, 0.25) is 0 Å². The van der Waals surface area contributed by atoms with Crippen molar-refractivity contribution in [3.63, 3.8) is 0 Å². The third-order valence-electron chi connectivity index (χ3n) is 26.7. The fraction of sp³-hybridized carbons (Fsp3) is 0.939. The molecular weight excluding hydrogens is 2010 g/mol. The molecule has 11 saturated heterocycles. The third kappa shape index (κ3) is 27.9. The van der Waals surface area contributed by atoms with Gasteiger partial charge in [-0.25, -0.2) is 0 Å². The van der Waals surface area contributed by atoms with E-state index in [1.165, 1.54) is 6.92 Å². The number of amides is 5. The van der Waals surface area contributed by atoms with E-state index < -0.39 is 471 Å². The largest absolute Gasteiger partial charge is 0.394 e. The molecule has 0 aromatic heterocycles. The van der Waals surface area contributed by atoms with Gasteiger partial charge in [-0.2, -0.15) is 0 Å². The molecule has 11 aliphatic rings. The Kier molecular flexibility index (Phi) is 45.1. The van der Waals surface area contributed by atoms with Crippen LogP contribution in [0.3, 0.4) is 0 Å². The second-order valence-corrected chi connectivity index (χ2v) is 37.1. The Bertz CT molecular complexity index is 4050. The highest BCUT2D eigenvalue weighted by molar-refractivity contribution is 5.75. The van der Waals surface area contributed by atoms with Crippen LogP contribution in [0.5, 0.6) is 0 Å². The first-order valence-corrected chi connectivity index (χ1v) is 46.9. The molecule has 147 heavy (non-hydrogen) atoms. The van der Waals surface area contributed by atoms with Gasteiger partial charge >= 0.3 is 0 Å². The Labute approximate surface area is 833 Å². The zero-order valence-corrected chi connectivity index (χ0v) is 79.3. The lowest BCUT2D eigenvalue weighted by Gasteiger charge is -2.52. The van der Waals surface area contributed by atoms with Gasteiger partial charge in [-0.15, -0.1) is 0 Å². The molecule has 0 bridgehead atoms. The highest BCUT2D eigenvalue weighted by atomic mass is 16.8. The molecule has 852 valence electrons. The summed E-state index contributed by atoms with van der Waals surface area (Å²) < 4.78 is 132. The van der Waals surface area contributed by atoms with E-state index in [9.17, 15) is 192 Å². The maximum Gasteiger partial charge on any atom is 0.217 e. The summed E-state index contributed by atoms with van der Waals surface area (Å²) in [6.45, 7) is -8.83. The van der Waals surface area contributed by atoms with E-state index in [-0.39, 0.29) is 0 Å². The molecule has 0 saturated carbocycles. The predicted molar refractivity (Wildman–Crippen MR) is 454 cm³/mol. The fourth-order valence-corrected chi connectivity index (χ4v) is 18.8. The second-order valence-electron chi connectivity index (χ2n) is 37.1. The molecule has 0 unspecified atom stereocenters. The number of hydrogen-bond donors (Lipinski definition) is 38. The van der Waals surface area contributed by atoms with Gasteiger partial charge in [-0.05, 0) is 6.92 Å². The zero-order chi connectivity index (χ0) is 109. The number of aliphatic hydroxyl groups excluding tert-OH is 33. The lowest BCUT2D eigenvalue weighted by Crippen LogP contribution is -2.71. The minimum atomic E-state index is -2.83. The summed E-state index contributed by atoms with van der Waals surface area (Å²) in [5, 5.41) is 385. The van der Waals surface area contributed by atoms with Gasteiger partial charge in [0.2, 0.25) is 29.5 Å². The number of aliphatic hydroxyl groups is 33. The van der Waals surface area contributed by atoms with Crippen molar-refractivity contribution in [3.05, 3.63) is 0 Å². The van der Waals surface area contributed by atoms with Gasteiger partial charge in [0.1, 0.15) is 281 Å².